The minimum absolute atomic E-state index is 0.147. The number of nitrogens with zero attached hydrogens (tertiary/aromatic N) is 1. The maximum atomic E-state index is 16.2. The number of carboxylic acids is 1. The molecule has 5 rings (SSSR count). The molecule has 0 radical (unpaired) electrons. The van der Waals surface area contributed by atoms with E-state index in [-0.39, 0.29) is 24.0 Å². The quantitative estimate of drug-likeness (QED) is 0.190. The van der Waals surface area contributed by atoms with Gasteiger partial charge in [-0.25, -0.2) is 13.2 Å². The highest BCUT2D eigenvalue weighted by Crippen LogP contribution is 2.36. The molecule has 0 spiro atoms. The number of alkyl halides is 5. The Kier molecular flexibility index (Phi) is 13.4. The molecule has 4 N–H and O–H groups in total. The average molecular weight is 742 g/mol. The molecule has 0 aromatic heterocycles. The van der Waals surface area contributed by atoms with Crippen LogP contribution in [0.1, 0.15) is 50.5 Å². The van der Waals surface area contributed by atoms with Gasteiger partial charge in [-0.05, 0) is 92.3 Å². The Morgan fingerprint density at radius 3 is 1.90 bits per heavy atom. The topological polar surface area (TPSA) is 148 Å². The highest BCUT2D eigenvalue weighted by molar-refractivity contribution is 7.89. The van der Waals surface area contributed by atoms with Gasteiger partial charge in [0.1, 0.15) is 17.2 Å². The molecule has 1 unspecified atom stereocenters. The smallest absolute Gasteiger partial charge is 0.490 e. The molecule has 1 saturated carbocycles. The van der Waals surface area contributed by atoms with Crippen molar-refractivity contribution < 1.29 is 54.5 Å². The van der Waals surface area contributed by atoms with Gasteiger partial charge in [-0.3, -0.25) is 4.79 Å². The van der Waals surface area contributed by atoms with E-state index in [0.29, 0.717) is 42.6 Å². The molecule has 2 aliphatic rings. The Morgan fingerprint density at radius 1 is 0.824 bits per heavy atom. The van der Waals surface area contributed by atoms with Crippen LogP contribution >= 0.6 is 0 Å². The first-order valence-electron chi connectivity index (χ1n) is 16.4. The minimum Gasteiger partial charge on any atom is -0.493 e. The number of benzene rings is 3. The number of nitrogens with one attached hydrogen (secondary N) is 1. The lowest BCUT2D eigenvalue weighted by molar-refractivity contribution is -0.192. The molecule has 1 saturated heterocycles. The van der Waals surface area contributed by atoms with Crippen molar-refractivity contribution in [1.29, 1.82) is 0 Å². The van der Waals surface area contributed by atoms with Gasteiger partial charge in [-0.1, -0.05) is 37.5 Å². The highest BCUT2D eigenvalue weighted by Gasteiger charge is 2.50. The normalized spacial score (nSPS) is 16.8. The maximum absolute atomic E-state index is 16.2. The Balaban J connectivity index is 0.000000755. The number of hydrogen-bond acceptors (Lipinski definition) is 7. The van der Waals surface area contributed by atoms with E-state index in [4.69, 9.17) is 25.1 Å². The number of carbonyl (C=O) groups is 2. The van der Waals surface area contributed by atoms with E-state index >= 15 is 8.78 Å². The van der Waals surface area contributed by atoms with Gasteiger partial charge < -0.3 is 25.2 Å². The monoisotopic (exact) mass is 741 g/mol. The number of amides is 1. The van der Waals surface area contributed by atoms with Crippen molar-refractivity contribution in [2.75, 3.05) is 19.7 Å². The summed E-state index contributed by atoms with van der Waals surface area (Å²) < 4.78 is 105. The summed E-state index contributed by atoms with van der Waals surface area (Å²) >= 11 is 0. The number of carboxylic acid groups (broad SMARTS) is 1. The van der Waals surface area contributed by atoms with Crippen LogP contribution < -0.4 is 19.9 Å². The molecular weight excluding hydrogens is 701 g/mol. The molecule has 1 aliphatic heterocycles. The summed E-state index contributed by atoms with van der Waals surface area (Å²) in [7, 11) is -4.53. The zero-order valence-corrected chi connectivity index (χ0v) is 28.3. The van der Waals surface area contributed by atoms with Crippen LogP contribution in [0.2, 0.25) is 0 Å². The van der Waals surface area contributed by atoms with Gasteiger partial charge in [-0.15, -0.1) is 0 Å². The number of carbonyl (C=O) groups excluding carboxylic acids is 1. The van der Waals surface area contributed by atoms with Crippen LogP contribution in [0.5, 0.6) is 17.2 Å². The van der Waals surface area contributed by atoms with Gasteiger partial charge in [0, 0.05) is 24.7 Å². The zero-order valence-electron chi connectivity index (χ0n) is 27.5. The third-order valence-corrected chi connectivity index (χ3v) is 9.98. The van der Waals surface area contributed by atoms with Gasteiger partial charge in [0.2, 0.25) is 15.9 Å². The van der Waals surface area contributed by atoms with Gasteiger partial charge >= 0.3 is 12.1 Å². The number of halogens is 5. The second-order valence-corrected chi connectivity index (χ2v) is 14.1. The van der Waals surface area contributed by atoms with Crippen LogP contribution in [0.3, 0.4) is 0 Å². The molecule has 51 heavy (non-hydrogen) atoms. The lowest BCUT2D eigenvalue weighted by atomic mass is 9.90. The number of para-hydroxylation sites is 1. The second-order valence-electron chi connectivity index (χ2n) is 12.4. The van der Waals surface area contributed by atoms with Gasteiger partial charge in [0.05, 0.1) is 11.5 Å². The zero-order chi connectivity index (χ0) is 37.2. The van der Waals surface area contributed by atoms with Crippen LogP contribution in [0.4, 0.5) is 22.0 Å². The van der Waals surface area contributed by atoms with Crippen molar-refractivity contribution in [3.05, 3.63) is 84.4 Å². The molecule has 1 aliphatic carbocycles. The number of nitrogens with two attached hydrogens (primary N) is 1. The maximum Gasteiger partial charge on any atom is 0.490 e. The van der Waals surface area contributed by atoms with Crippen LogP contribution in [-0.2, 0) is 25.5 Å². The van der Waals surface area contributed by atoms with Crippen LogP contribution in [0, 0.1) is 5.92 Å². The Labute approximate surface area is 292 Å². The molecule has 2 fully saturated rings. The lowest BCUT2D eigenvalue weighted by Gasteiger charge is -2.35. The largest absolute Gasteiger partial charge is 0.493 e. The molecule has 3 aromatic rings. The SMILES string of the molecule is NC1CCN(C(=O)C(NS(=O)(=O)c2ccc(OCC3CCCCC3)cc2)C(F)(F)c2ccc(Oc3ccccc3)cc2)CC1.O=C(O)C(F)(F)F. The average Bonchev–Trinajstić information content (AvgIpc) is 3.11. The Morgan fingerprint density at radius 2 is 1.35 bits per heavy atom. The fourth-order valence-corrected chi connectivity index (χ4v) is 6.81. The van der Waals surface area contributed by atoms with Gasteiger partial charge in [0.25, 0.3) is 5.92 Å². The van der Waals surface area contributed by atoms with Crippen LogP contribution in [0.25, 0.3) is 0 Å². The number of rotatable bonds is 11. The molecule has 0 bridgehead atoms. The van der Waals surface area contributed by atoms with E-state index in [1.807, 2.05) is 10.8 Å². The standard InChI is InChI=1S/C33H39F2N3O5S.C2HF3O2/c34-33(35,25-11-13-29(14-12-25)43-28-9-5-2-6-10-28)31(32(39)38-21-19-26(36)20-22-38)37-44(40,41)30-17-15-27(16-18-30)42-23-24-7-3-1-4-8-24;3-2(4,5)1(6)7/h2,5-6,9-18,24,26,31,37H,1,3-4,7-8,19-23,36H2;(H,6,7). The van der Waals surface area contributed by atoms with E-state index < -0.39 is 45.6 Å². The first-order valence-corrected chi connectivity index (χ1v) is 17.9. The van der Waals surface area contributed by atoms with E-state index in [1.54, 1.807) is 24.3 Å². The number of sulfonamides is 1. The summed E-state index contributed by atoms with van der Waals surface area (Å²) in [5.74, 6) is -5.86. The highest BCUT2D eigenvalue weighted by atomic mass is 32.2. The predicted octanol–water partition coefficient (Wildman–Crippen LogP) is 6.46. The summed E-state index contributed by atoms with van der Waals surface area (Å²) in [4.78, 5) is 23.5. The van der Waals surface area contributed by atoms with Crippen LogP contribution in [0.15, 0.2) is 83.8 Å². The van der Waals surface area contributed by atoms with Crippen molar-refractivity contribution in [1.82, 2.24) is 9.62 Å². The fraction of sp³-hybridized carbons (Fsp3) is 0.429. The first kappa shape index (κ1) is 39.5. The Bertz CT molecular complexity index is 1680. The summed E-state index contributed by atoms with van der Waals surface area (Å²) in [6.45, 7) is 0.859. The van der Waals surface area contributed by atoms with Crippen molar-refractivity contribution in [2.45, 2.75) is 74.0 Å². The second kappa shape index (κ2) is 17.3. The van der Waals surface area contributed by atoms with E-state index in [0.717, 1.165) is 25.0 Å². The number of ether oxygens (including phenoxy) is 2. The number of likely N-dealkylation sites (tertiary alicyclic amines) is 1. The molecule has 278 valence electrons. The van der Waals surface area contributed by atoms with E-state index in [2.05, 4.69) is 0 Å². The third kappa shape index (κ3) is 11.4. The predicted molar refractivity (Wildman–Crippen MR) is 177 cm³/mol. The van der Waals surface area contributed by atoms with Crippen molar-refractivity contribution in [2.24, 2.45) is 11.7 Å². The van der Waals surface area contributed by atoms with Gasteiger partial charge in [-0.2, -0.15) is 26.7 Å². The van der Waals surface area contributed by atoms with Crippen molar-refractivity contribution in [3.8, 4) is 17.2 Å². The molecular formula is C35H40F5N3O7S. The number of hydrogen-bond donors (Lipinski definition) is 3. The first-order chi connectivity index (χ1) is 24.1. The minimum atomic E-state index is -5.08. The molecule has 10 nitrogen and oxygen atoms in total. The molecule has 1 amide bonds. The van der Waals surface area contributed by atoms with Crippen molar-refractivity contribution >= 4 is 21.9 Å². The summed E-state index contributed by atoms with van der Waals surface area (Å²) in [6.07, 6.45) is 1.58. The number of aliphatic carboxylic acids is 1. The van der Waals surface area contributed by atoms with E-state index in [1.165, 1.54) is 60.6 Å². The molecule has 1 heterocycles. The van der Waals surface area contributed by atoms with Crippen molar-refractivity contribution in [3.63, 3.8) is 0 Å². The van der Waals surface area contributed by atoms with Gasteiger partial charge in [0.15, 0.2) is 6.04 Å². The molecule has 16 heteroatoms. The Hall–Kier alpha value is -4.28. The lowest BCUT2D eigenvalue weighted by Crippen LogP contribution is -2.57. The number of piperidine rings is 1. The summed E-state index contributed by atoms with van der Waals surface area (Å²) in [5, 5.41) is 7.12. The van der Waals surface area contributed by atoms with Crippen LogP contribution in [-0.4, -0.2) is 68.3 Å². The fourth-order valence-electron chi connectivity index (χ4n) is 5.62. The molecule has 3 aromatic carbocycles. The molecule has 1 atom stereocenters. The van der Waals surface area contributed by atoms with E-state index in [9.17, 15) is 26.4 Å². The summed E-state index contributed by atoms with van der Waals surface area (Å²) in [5.41, 5.74) is 5.42. The third-order valence-electron chi connectivity index (χ3n) is 8.54. The summed E-state index contributed by atoms with van der Waals surface area (Å²) in [6, 6.07) is 16.9.